The first kappa shape index (κ1) is 18.8. The van der Waals surface area contributed by atoms with Crippen molar-refractivity contribution < 1.29 is 14.3 Å². The van der Waals surface area contributed by atoms with Crippen molar-refractivity contribution in [2.45, 2.75) is 52.2 Å². The van der Waals surface area contributed by atoms with Crippen LogP contribution in [-0.2, 0) is 6.54 Å². The lowest BCUT2D eigenvalue weighted by atomic mass is 9.83. The van der Waals surface area contributed by atoms with Gasteiger partial charge in [0.1, 0.15) is 5.60 Å². The molecule has 1 fully saturated rings. The minimum atomic E-state index is -0.545. The Morgan fingerprint density at radius 3 is 2.77 bits per heavy atom. The van der Waals surface area contributed by atoms with E-state index >= 15 is 0 Å². The number of fused-ring (bicyclic) bond motifs is 2. The molecule has 0 unspecified atom stereocenters. The highest BCUT2D eigenvalue weighted by Gasteiger charge is 2.45. The number of benzene rings is 1. The number of aromatic amines is 1. The standard InChI is InChI=1S/C22H25N5O3/c1-4-27-14(3)20-19(25-27)18(28)12-22(30-20)7-9-26(10-8-22)21(29)15-5-6-16-13(2)23-24-17(16)11-15/h5-6,11H,4,7-10,12H2,1-3H3,(H,23,24). The number of amides is 1. The van der Waals surface area contributed by atoms with Crippen LogP contribution >= 0.6 is 0 Å². The summed E-state index contributed by atoms with van der Waals surface area (Å²) >= 11 is 0. The first-order chi connectivity index (χ1) is 14.4. The molecule has 0 aliphatic carbocycles. The number of carbonyl (C=O) groups is 2. The molecule has 1 N–H and O–H groups in total. The quantitative estimate of drug-likeness (QED) is 0.705. The van der Waals surface area contributed by atoms with Crippen molar-refractivity contribution in [2.24, 2.45) is 0 Å². The summed E-state index contributed by atoms with van der Waals surface area (Å²) in [5.74, 6) is 0.642. The lowest BCUT2D eigenvalue weighted by Gasteiger charge is -2.43. The molecule has 8 heteroatoms. The van der Waals surface area contributed by atoms with Gasteiger partial charge in [-0.2, -0.15) is 10.2 Å². The van der Waals surface area contributed by atoms with Crippen LogP contribution < -0.4 is 4.74 Å². The molecule has 1 aromatic carbocycles. The lowest BCUT2D eigenvalue weighted by molar-refractivity contribution is -0.00627. The molecule has 2 aromatic heterocycles. The second-order valence-corrected chi connectivity index (χ2v) is 8.34. The number of hydrogen-bond acceptors (Lipinski definition) is 5. The van der Waals surface area contributed by atoms with Crippen molar-refractivity contribution in [3.05, 3.63) is 40.8 Å². The molecule has 4 heterocycles. The zero-order valence-corrected chi connectivity index (χ0v) is 17.5. The number of likely N-dealkylation sites (tertiary alicyclic amines) is 1. The third-order valence-electron chi connectivity index (χ3n) is 6.47. The smallest absolute Gasteiger partial charge is 0.253 e. The fraction of sp³-hybridized carbons (Fsp3) is 0.455. The number of ketones is 1. The molecule has 30 heavy (non-hydrogen) atoms. The maximum Gasteiger partial charge on any atom is 0.253 e. The first-order valence-electron chi connectivity index (χ1n) is 10.4. The normalized spacial score (nSPS) is 18.0. The number of Topliss-reactive ketones (excluding diaryl/α,β-unsaturated/α-hetero) is 1. The van der Waals surface area contributed by atoms with E-state index in [9.17, 15) is 9.59 Å². The molecule has 1 saturated heterocycles. The van der Waals surface area contributed by atoms with Gasteiger partial charge in [-0.1, -0.05) is 6.07 Å². The van der Waals surface area contributed by atoms with Gasteiger partial charge in [-0.3, -0.25) is 19.4 Å². The fourth-order valence-electron chi connectivity index (χ4n) is 4.63. The molecule has 2 aliphatic heterocycles. The molecule has 8 nitrogen and oxygen atoms in total. The summed E-state index contributed by atoms with van der Waals surface area (Å²) in [5, 5.41) is 12.6. The highest BCUT2D eigenvalue weighted by molar-refractivity contribution is 5.99. The van der Waals surface area contributed by atoms with Gasteiger partial charge in [0.05, 0.1) is 17.6 Å². The van der Waals surface area contributed by atoms with Gasteiger partial charge in [0.25, 0.3) is 5.91 Å². The Balaban J connectivity index is 1.33. The molecular weight excluding hydrogens is 382 g/mol. The number of nitrogens with one attached hydrogen (secondary N) is 1. The number of hydrogen-bond donors (Lipinski definition) is 1. The number of carbonyl (C=O) groups excluding carboxylic acids is 2. The maximum atomic E-state index is 13.0. The second kappa shape index (κ2) is 6.68. The molecule has 0 bridgehead atoms. The van der Waals surface area contributed by atoms with Crippen molar-refractivity contribution >= 4 is 22.6 Å². The Hall–Kier alpha value is -3.16. The van der Waals surface area contributed by atoms with E-state index in [1.54, 1.807) is 0 Å². The van der Waals surface area contributed by atoms with Crippen LogP contribution in [0.1, 0.15) is 58.4 Å². The van der Waals surface area contributed by atoms with Gasteiger partial charge >= 0.3 is 0 Å². The van der Waals surface area contributed by atoms with Gasteiger partial charge in [0.15, 0.2) is 17.2 Å². The average Bonchev–Trinajstić information content (AvgIpc) is 3.28. The Morgan fingerprint density at radius 1 is 1.27 bits per heavy atom. The SMILES string of the molecule is CCn1nc2c(c1C)OC1(CCN(C(=O)c3ccc4c(C)[nH]nc4c3)CC1)CC2=O. The van der Waals surface area contributed by atoms with Crippen molar-refractivity contribution in [2.75, 3.05) is 13.1 Å². The van der Waals surface area contributed by atoms with Gasteiger partial charge < -0.3 is 9.64 Å². The van der Waals surface area contributed by atoms with Crippen LogP contribution in [0.25, 0.3) is 10.9 Å². The number of H-pyrrole nitrogens is 1. The van der Waals surface area contributed by atoms with E-state index in [4.69, 9.17) is 4.74 Å². The minimum absolute atomic E-state index is 0.00906. The molecule has 3 aromatic rings. The predicted octanol–water partition coefficient (Wildman–Crippen LogP) is 3.04. The van der Waals surface area contributed by atoms with Gasteiger partial charge in [-0.15, -0.1) is 0 Å². The summed E-state index contributed by atoms with van der Waals surface area (Å²) in [6, 6.07) is 5.62. The zero-order valence-electron chi connectivity index (χ0n) is 17.5. The number of piperidine rings is 1. The molecule has 2 aliphatic rings. The van der Waals surface area contributed by atoms with E-state index in [1.165, 1.54) is 0 Å². The Labute approximate surface area is 174 Å². The summed E-state index contributed by atoms with van der Waals surface area (Å²) in [6.45, 7) is 7.71. The van der Waals surface area contributed by atoms with Crippen LogP contribution in [0.3, 0.4) is 0 Å². The highest BCUT2D eigenvalue weighted by atomic mass is 16.5. The predicted molar refractivity (Wildman–Crippen MR) is 111 cm³/mol. The molecule has 5 rings (SSSR count). The Kier molecular flexibility index (Phi) is 4.20. The number of aromatic nitrogens is 4. The second-order valence-electron chi connectivity index (χ2n) is 8.34. The lowest BCUT2D eigenvalue weighted by Crippen LogP contribution is -2.52. The van der Waals surface area contributed by atoms with Gasteiger partial charge in [0, 0.05) is 49.1 Å². The summed E-state index contributed by atoms with van der Waals surface area (Å²) < 4.78 is 8.19. The average molecular weight is 407 g/mol. The van der Waals surface area contributed by atoms with Crippen LogP contribution in [0.15, 0.2) is 18.2 Å². The number of ether oxygens (including phenoxy) is 1. The van der Waals surface area contributed by atoms with Crippen LogP contribution in [0.5, 0.6) is 5.75 Å². The number of rotatable bonds is 2. The van der Waals surface area contributed by atoms with Gasteiger partial charge in [0.2, 0.25) is 0 Å². The monoisotopic (exact) mass is 407 g/mol. The summed E-state index contributed by atoms with van der Waals surface area (Å²) in [7, 11) is 0. The van der Waals surface area contributed by atoms with E-state index in [1.807, 2.05) is 48.6 Å². The minimum Gasteiger partial charge on any atom is -0.482 e. The van der Waals surface area contributed by atoms with Crippen molar-refractivity contribution in [1.29, 1.82) is 0 Å². The molecule has 0 atom stereocenters. The van der Waals surface area contributed by atoms with E-state index in [-0.39, 0.29) is 11.7 Å². The van der Waals surface area contributed by atoms with Crippen LogP contribution in [0, 0.1) is 13.8 Å². The van der Waals surface area contributed by atoms with E-state index < -0.39 is 5.60 Å². The van der Waals surface area contributed by atoms with E-state index in [0.29, 0.717) is 55.9 Å². The van der Waals surface area contributed by atoms with Crippen LogP contribution in [0.2, 0.25) is 0 Å². The van der Waals surface area contributed by atoms with Crippen LogP contribution in [0.4, 0.5) is 0 Å². The topological polar surface area (TPSA) is 93.1 Å². The summed E-state index contributed by atoms with van der Waals surface area (Å²) in [4.78, 5) is 27.6. The zero-order chi connectivity index (χ0) is 21.0. The third kappa shape index (κ3) is 2.81. The molecule has 156 valence electrons. The summed E-state index contributed by atoms with van der Waals surface area (Å²) in [6.07, 6.45) is 1.58. The van der Waals surface area contributed by atoms with Gasteiger partial charge in [-0.25, -0.2) is 0 Å². The molecule has 0 radical (unpaired) electrons. The maximum absolute atomic E-state index is 13.0. The van der Waals surface area contributed by atoms with Gasteiger partial charge in [-0.05, 0) is 32.9 Å². The van der Waals surface area contributed by atoms with Crippen LogP contribution in [-0.4, -0.2) is 55.3 Å². The summed E-state index contributed by atoms with van der Waals surface area (Å²) in [5.41, 5.74) is 3.21. The fourth-order valence-corrected chi connectivity index (χ4v) is 4.63. The third-order valence-corrected chi connectivity index (χ3v) is 6.47. The number of aryl methyl sites for hydroxylation is 2. The van der Waals surface area contributed by atoms with E-state index in [0.717, 1.165) is 22.3 Å². The van der Waals surface area contributed by atoms with Crippen molar-refractivity contribution in [3.8, 4) is 5.75 Å². The highest BCUT2D eigenvalue weighted by Crippen LogP contribution is 2.41. The molecule has 1 spiro atoms. The molecule has 1 amide bonds. The van der Waals surface area contributed by atoms with Crippen molar-refractivity contribution in [1.82, 2.24) is 24.9 Å². The Bertz CT molecular complexity index is 1170. The van der Waals surface area contributed by atoms with E-state index in [2.05, 4.69) is 15.3 Å². The largest absolute Gasteiger partial charge is 0.482 e. The molecular formula is C22H25N5O3. The van der Waals surface area contributed by atoms with Crippen molar-refractivity contribution in [3.63, 3.8) is 0 Å². The Morgan fingerprint density at radius 2 is 2.03 bits per heavy atom. The number of nitrogens with zero attached hydrogens (tertiary/aromatic N) is 4. The molecule has 0 saturated carbocycles. The first-order valence-corrected chi connectivity index (χ1v) is 10.4.